The fourth-order valence-corrected chi connectivity index (χ4v) is 1.65. The number of H-pyrrole nitrogens is 1. The van der Waals surface area contributed by atoms with Crippen LogP contribution in [0.4, 0.5) is 18.9 Å². The van der Waals surface area contributed by atoms with Crippen LogP contribution in [-0.4, -0.2) is 33.0 Å². The van der Waals surface area contributed by atoms with E-state index in [-0.39, 0.29) is 18.1 Å². The molecule has 10 heteroatoms. The summed E-state index contributed by atoms with van der Waals surface area (Å²) in [4.78, 5) is 11.9. The third-order valence-corrected chi connectivity index (χ3v) is 2.59. The van der Waals surface area contributed by atoms with Crippen molar-refractivity contribution >= 4 is 11.6 Å². The Labute approximate surface area is 117 Å². The van der Waals surface area contributed by atoms with Gasteiger partial charge in [0.1, 0.15) is 6.73 Å². The molecular weight excluding hydrogens is 291 g/mol. The van der Waals surface area contributed by atoms with Gasteiger partial charge in [-0.1, -0.05) is 0 Å². The van der Waals surface area contributed by atoms with E-state index in [2.05, 4.69) is 20.6 Å². The first-order valence-corrected chi connectivity index (χ1v) is 5.79. The molecule has 0 aliphatic heterocycles. The molecule has 0 saturated heterocycles. The molecule has 2 N–H and O–H groups in total. The van der Waals surface area contributed by atoms with E-state index in [0.29, 0.717) is 0 Å². The maximum absolute atomic E-state index is 12.7. The first-order valence-electron chi connectivity index (χ1n) is 5.79. The standard InChI is InChI=1S/C11H12F3N5O2/c1-6-8(9(17-16-6)11(12,13)14)15-10(20)7-3-4-19(18-7)5-21-2/h3-4H,5H2,1-2H3,(H,15,20)(H,16,17). The van der Waals surface area contributed by atoms with Crippen LogP contribution < -0.4 is 5.32 Å². The van der Waals surface area contributed by atoms with Crippen molar-refractivity contribution in [1.29, 1.82) is 0 Å². The predicted octanol–water partition coefficient (Wildman–Crippen LogP) is 1.79. The van der Waals surface area contributed by atoms with Gasteiger partial charge in [-0.2, -0.15) is 23.4 Å². The first-order chi connectivity index (χ1) is 9.82. The average molecular weight is 303 g/mol. The number of amides is 1. The van der Waals surface area contributed by atoms with Gasteiger partial charge < -0.3 is 10.1 Å². The SMILES string of the molecule is COCn1ccc(C(=O)Nc2c(C(F)(F)F)n[nH]c2C)n1. The molecule has 0 bridgehead atoms. The van der Waals surface area contributed by atoms with Crippen molar-refractivity contribution in [2.45, 2.75) is 19.8 Å². The smallest absolute Gasteiger partial charge is 0.362 e. The van der Waals surface area contributed by atoms with Crippen molar-refractivity contribution in [1.82, 2.24) is 20.0 Å². The van der Waals surface area contributed by atoms with E-state index in [9.17, 15) is 18.0 Å². The summed E-state index contributed by atoms with van der Waals surface area (Å²) in [7, 11) is 1.45. The van der Waals surface area contributed by atoms with Gasteiger partial charge >= 0.3 is 6.18 Å². The minimum absolute atomic E-state index is 0.0271. The molecule has 2 rings (SSSR count). The van der Waals surface area contributed by atoms with E-state index in [1.807, 2.05) is 0 Å². The van der Waals surface area contributed by atoms with Gasteiger partial charge in [0.2, 0.25) is 0 Å². The van der Waals surface area contributed by atoms with Crippen molar-refractivity contribution in [2.75, 3.05) is 12.4 Å². The number of carbonyl (C=O) groups is 1. The fourth-order valence-electron chi connectivity index (χ4n) is 1.65. The van der Waals surface area contributed by atoms with Gasteiger partial charge in [0, 0.05) is 13.3 Å². The number of nitrogens with one attached hydrogen (secondary N) is 2. The molecule has 2 heterocycles. The van der Waals surface area contributed by atoms with E-state index >= 15 is 0 Å². The summed E-state index contributed by atoms with van der Waals surface area (Å²) in [5.41, 5.74) is -1.51. The maximum atomic E-state index is 12.7. The number of aryl methyl sites for hydroxylation is 1. The Morgan fingerprint density at radius 3 is 2.86 bits per heavy atom. The summed E-state index contributed by atoms with van der Waals surface area (Å²) in [5.74, 6) is -0.764. The quantitative estimate of drug-likeness (QED) is 0.902. The van der Waals surface area contributed by atoms with E-state index in [1.54, 1.807) is 0 Å². The zero-order valence-electron chi connectivity index (χ0n) is 11.2. The zero-order chi connectivity index (χ0) is 15.6. The largest absolute Gasteiger partial charge is 0.437 e. The lowest BCUT2D eigenvalue weighted by Crippen LogP contribution is -2.17. The molecule has 0 fully saturated rings. The van der Waals surface area contributed by atoms with Gasteiger partial charge in [-0.25, -0.2) is 4.68 Å². The molecule has 0 atom stereocenters. The third kappa shape index (κ3) is 3.21. The molecule has 0 aromatic carbocycles. The highest BCUT2D eigenvalue weighted by Crippen LogP contribution is 2.34. The Kier molecular flexibility index (Phi) is 3.98. The molecule has 1 amide bonds. The molecular formula is C11H12F3N5O2. The molecule has 0 aliphatic rings. The van der Waals surface area contributed by atoms with Gasteiger partial charge in [-0.15, -0.1) is 0 Å². The fraction of sp³-hybridized carbons (Fsp3) is 0.364. The van der Waals surface area contributed by atoms with E-state index in [4.69, 9.17) is 4.74 Å². The van der Waals surface area contributed by atoms with Gasteiger partial charge in [0.25, 0.3) is 5.91 Å². The van der Waals surface area contributed by atoms with Gasteiger partial charge in [0.15, 0.2) is 11.4 Å². The minimum Gasteiger partial charge on any atom is -0.362 e. The number of halogens is 3. The van der Waals surface area contributed by atoms with E-state index in [1.165, 1.54) is 31.0 Å². The van der Waals surface area contributed by atoms with Crippen LogP contribution in [-0.2, 0) is 17.6 Å². The average Bonchev–Trinajstić information content (AvgIpc) is 2.97. The molecule has 7 nitrogen and oxygen atoms in total. The van der Waals surface area contributed by atoms with Crippen LogP contribution in [0.25, 0.3) is 0 Å². The van der Waals surface area contributed by atoms with Crippen molar-refractivity contribution in [3.8, 4) is 0 Å². The second-order valence-electron chi connectivity index (χ2n) is 4.18. The summed E-state index contributed by atoms with van der Waals surface area (Å²) in [6.07, 6.45) is -3.19. The molecule has 0 radical (unpaired) electrons. The molecule has 114 valence electrons. The number of carbonyl (C=O) groups excluding carboxylic acids is 1. The van der Waals surface area contributed by atoms with Gasteiger partial charge in [0.05, 0.1) is 11.4 Å². The normalized spacial score (nSPS) is 11.7. The molecule has 21 heavy (non-hydrogen) atoms. The highest BCUT2D eigenvalue weighted by molar-refractivity contribution is 6.03. The molecule has 2 aromatic rings. The summed E-state index contributed by atoms with van der Waals surface area (Å²) >= 11 is 0. The second-order valence-corrected chi connectivity index (χ2v) is 4.18. The van der Waals surface area contributed by atoms with E-state index < -0.39 is 23.5 Å². The Balaban J connectivity index is 2.21. The highest BCUT2D eigenvalue weighted by Gasteiger charge is 2.38. The minimum atomic E-state index is -4.66. The first kappa shape index (κ1) is 15.0. The van der Waals surface area contributed by atoms with E-state index in [0.717, 1.165) is 0 Å². The second kappa shape index (κ2) is 5.56. The van der Waals surface area contributed by atoms with Crippen LogP contribution in [0.15, 0.2) is 12.3 Å². The number of hydrogen-bond donors (Lipinski definition) is 2. The zero-order valence-corrected chi connectivity index (χ0v) is 11.2. The molecule has 0 spiro atoms. The van der Waals surface area contributed by atoms with Crippen molar-refractivity contribution in [2.24, 2.45) is 0 Å². The number of anilines is 1. The number of aromatic nitrogens is 4. The summed E-state index contributed by atoms with van der Waals surface area (Å²) in [5, 5.41) is 11.4. The number of hydrogen-bond acceptors (Lipinski definition) is 4. The molecule has 0 aliphatic carbocycles. The Bertz CT molecular complexity index is 647. The number of methoxy groups -OCH3 is 1. The molecule has 0 saturated carbocycles. The lowest BCUT2D eigenvalue weighted by atomic mass is 10.2. The number of alkyl halides is 3. The van der Waals surface area contributed by atoms with Crippen LogP contribution >= 0.6 is 0 Å². The van der Waals surface area contributed by atoms with Crippen LogP contribution in [0.5, 0.6) is 0 Å². The highest BCUT2D eigenvalue weighted by atomic mass is 19.4. The summed E-state index contributed by atoms with van der Waals surface area (Å²) in [6, 6.07) is 1.37. The number of rotatable bonds is 4. The van der Waals surface area contributed by atoms with Crippen molar-refractivity contribution in [3.63, 3.8) is 0 Å². The molecule has 0 unspecified atom stereocenters. The van der Waals surface area contributed by atoms with Gasteiger partial charge in [-0.05, 0) is 13.0 Å². The summed E-state index contributed by atoms with van der Waals surface area (Å²) < 4.78 is 44.4. The van der Waals surface area contributed by atoms with Crippen molar-refractivity contribution in [3.05, 3.63) is 29.3 Å². The van der Waals surface area contributed by atoms with Gasteiger partial charge in [-0.3, -0.25) is 9.89 Å². The lowest BCUT2D eigenvalue weighted by Gasteiger charge is -2.07. The third-order valence-electron chi connectivity index (χ3n) is 2.59. The van der Waals surface area contributed by atoms with Crippen molar-refractivity contribution < 1.29 is 22.7 Å². The maximum Gasteiger partial charge on any atom is 0.437 e. The summed E-state index contributed by atoms with van der Waals surface area (Å²) in [6.45, 7) is 1.51. The van der Waals surface area contributed by atoms with Crippen LogP contribution in [0.2, 0.25) is 0 Å². The van der Waals surface area contributed by atoms with Crippen LogP contribution in [0, 0.1) is 6.92 Å². The lowest BCUT2D eigenvalue weighted by molar-refractivity contribution is -0.140. The molecule has 2 aromatic heterocycles. The number of aromatic amines is 1. The Morgan fingerprint density at radius 2 is 2.24 bits per heavy atom. The van der Waals surface area contributed by atoms with Crippen LogP contribution in [0.3, 0.4) is 0 Å². The Hall–Kier alpha value is -2.36. The Morgan fingerprint density at radius 1 is 1.52 bits per heavy atom. The monoisotopic (exact) mass is 303 g/mol. The number of nitrogens with zero attached hydrogens (tertiary/aromatic N) is 3. The topological polar surface area (TPSA) is 84.8 Å². The number of ether oxygens (including phenoxy) is 1. The van der Waals surface area contributed by atoms with Crippen LogP contribution in [0.1, 0.15) is 21.9 Å². The predicted molar refractivity (Wildman–Crippen MR) is 65.5 cm³/mol.